The van der Waals surface area contributed by atoms with Gasteiger partial charge in [-0.3, -0.25) is 9.36 Å². The highest BCUT2D eigenvalue weighted by Crippen LogP contribution is 2.31. The van der Waals surface area contributed by atoms with Crippen molar-refractivity contribution >= 4 is 23.4 Å². The Bertz CT molecular complexity index is 1630. The molecule has 0 aliphatic carbocycles. The second kappa shape index (κ2) is 14.6. The zero-order chi connectivity index (χ0) is 32.6. The summed E-state index contributed by atoms with van der Waals surface area (Å²) in [5.41, 5.74) is 2.37. The fraction of sp³-hybridized carbons (Fsp3) is 0.364. The van der Waals surface area contributed by atoms with Crippen LogP contribution in [0.2, 0.25) is 0 Å². The molecule has 2 aromatic heterocycles. The molecule has 1 aliphatic rings. The SMILES string of the molecule is COc1ccc(NC(=O)N2CCN(c3cc(C(C)C)nc(-n4ccnc4)n3)C(C(=O)NCCc3cccc(OC)c3OC)C2)cc1. The quantitative estimate of drug-likeness (QED) is 0.254. The van der Waals surface area contributed by atoms with Crippen LogP contribution in [-0.2, 0) is 11.2 Å². The number of hydrogen-bond acceptors (Lipinski definition) is 9. The van der Waals surface area contributed by atoms with Gasteiger partial charge in [0, 0.05) is 43.8 Å². The normalized spacial score (nSPS) is 14.6. The second-order valence-corrected chi connectivity index (χ2v) is 11.1. The molecule has 242 valence electrons. The van der Waals surface area contributed by atoms with E-state index in [0.29, 0.717) is 60.8 Å². The number of ether oxygens (including phenoxy) is 3. The summed E-state index contributed by atoms with van der Waals surface area (Å²) >= 11 is 0. The van der Waals surface area contributed by atoms with E-state index in [2.05, 4.69) is 29.5 Å². The first-order valence-corrected chi connectivity index (χ1v) is 15.1. The lowest BCUT2D eigenvalue weighted by molar-refractivity contribution is -0.123. The van der Waals surface area contributed by atoms with Crippen molar-refractivity contribution in [2.45, 2.75) is 32.2 Å². The molecule has 1 unspecified atom stereocenters. The van der Waals surface area contributed by atoms with Crippen LogP contribution in [0.1, 0.15) is 31.0 Å². The van der Waals surface area contributed by atoms with E-state index in [-0.39, 0.29) is 24.4 Å². The monoisotopic (exact) mass is 628 g/mol. The molecule has 46 heavy (non-hydrogen) atoms. The Morgan fingerprint density at radius 2 is 1.80 bits per heavy atom. The summed E-state index contributed by atoms with van der Waals surface area (Å²) in [7, 11) is 4.77. The lowest BCUT2D eigenvalue weighted by Crippen LogP contribution is -2.61. The number of para-hydroxylation sites is 1. The van der Waals surface area contributed by atoms with Crippen LogP contribution in [0, 0.1) is 0 Å². The van der Waals surface area contributed by atoms with Crippen molar-refractivity contribution in [1.29, 1.82) is 0 Å². The zero-order valence-electron chi connectivity index (χ0n) is 26.8. The number of anilines is 2. The molecule has 1 fully saturated rings. The Hall–Kier alpha value is -5.33. The summed E-state index contributed by atoms with van der Waals surface area (Å²) in [5, 5.41) is 6.02. The molecule has 0 radical (unpaired) electrons. The third-order valence-electron chi connectivity index (χ3n) is 7.83. The number of benzene rings is 2. The fourth-order valence-electron chi connectivity index (χ4n) is 5.31. The molecule has 1 saturated heterocycles. The van der Waals surface area contributed by atoms with Crippen LogP contribution in [0.15, 0.2) is 67.3 Å². The van der Waals surface area contributed by atoms with Crippen molar-refractivity contribution in [2.24, 2.45) is 0 Å². The topological polar surface area (TPSA) is 136 Å². The first kappa shape index (κ1) is 32.1. The zero-order valence-corrected chi connectivity index (χ0v) is 26.8. The predicted octanol–water partition coefficient (Wildman–Crippen LogP) is 3.89. The van der Waals surface area contributed by atoms with Crippen molar-refractivity contribution in [3.63, 3.8) is 0 Å². The highest BCUT2D eigenvalue weighted by Gasteiger charge is 2.36. The molecular formula is C33H40N8O5. The van der Waals surface area contributed by atoms with Crippen LogP contribution in [0.25, 0.3) is 5.95 Å². The van der Waals surface area contributed by atoms with Gasteiger partial charge in [-0.15, -0.1) is 0 Å². The second-order valence-electron chi connectivity index (χ2n) is 11.1. The van der Waals surface area contributed by atoms with Gasteiger partial charge in [0.15, 0.2) is 11.5 Å². The number of aromatic nitrogens is 4. The Morgan fingerprint density at radius 1 is 1.00 bits per heavy atom. The van der Waals surface area contributed by atoms with Gasteiger partial charge in [0.2, 0.25) is 11.9 Å². The Labute approximate surface area is 268 Å². The molecule has 3 amide bonds. The maximum atomic E-state index is 13.9. The Balaban J connectivity index is 1.39. The fourth-order valence-corrected chi connectivity index (χ4v) is 5.31. The van der Waals surface area contributed by atoms with E-state index in [9.17, 15) is 9.59 Å². The number of piperazine rings is 1. The van der Waals surface area contributed by atoms with Crippen molar-refractivity contribution < 1.29 is 23.8 Å². The van der Waals surface area contributed by atoms with Gasteiger partial charge in [-0.05, 0) is 48.2 Å². The van der Waals surface area contributed by atoms with Gasteiger partial charge in [0.25, 0.3) is 0 Å². The maximum Gasteiger partial charge on any atom is 0.321 e. The molecule has 2 N–H and O–H groups in total. The minimum Gasteiger partial charge on any atom is -0.497 e. The van der Waals surface area contributed by atoms with Crippen LogP contribution >= 0.6 is 0 Å². The number of nitrogens with one attached hydrogen (secondary N) is 2. The van der Waals surface area contributed by atoms with Gasteiger partial charge in [-0.1, -0.05) is 26.0 Å². The van der Waals surface area contributed by atoms with Crippen LogP contribution in [0.5, 0.6) is 17.2 Å². The van der Waals surface area contributed by atoms with Gasteiger partial charge in [0.05, 0.1) is 33.6 Å². The summed E-state index contributed by atoms with van der Waals surface area (Å²) in [6.45, 7) is 5.39. The lowest BCUT2D eigenvalue weighted by Gasteiger charge is -2.41. The van der Waals surface area contributed by atoms with E-state index in [4.69, 9.17) is 24.2 Å². The van der Waals surface area contributed by atoms with Crippen LogP contribution in [0.3, 0.4) is 0 Å². The number of rotatable bonds is 11. The molecule has 3 heterocycles. The van der Waals surface area contributed by atoms with E-state index in [0.717, 1.165) is 11.3 Å². The Morgan fingerprint density at radius 3 is 2.48 bits per heavy atom. The van der Waals surface area contributed by atoms with Gasteiger partial charge in [0.1, 0.15) is 23.9 Å². The molecule has 0 bridgehead atoms. The highest BCUT2D eigenvalue weighted by molar-refractivity contribution is 5.91. The summed E-state index contributed by atoms with van der Waals surface area (Å²) in [4.78, 5) is 44.6. The van der Waals surface area contributed by atoms with E-state index in [1.54, 1.807) is 73.8 Å². The molecule has 1 atom stereocenters. The van der Waals surface area contributed by atoms with E-state index < -0.39 is 6.04 Å². The molecule has 2 aromatic carbocycles. The summed E-state index contributed by atoms with van der Waals surface area (Å²) < 4.78 is 18.0. The molecule has 4 aromatic rings. The van der Waals surface area contributed by atoms with Gasteiger partial charge >= 0.3 is 6.03 Å². The standard InChI is InChI=1S/C33H40N8O5/c1-22(2)26-19-29(38-32(37-26)40-16-15-34-21-40)41-18-17-39(33(43)36-24-9-11-25(44-3)12-10-24)20-27(41)31(42)35-14-13-23-7-6-8-28(45-4)30(23)46-5/h6-12,15-16,19,21-22,27H,13-14,17-18,20H2,1-5H3,(H,35,42)(H,36,43). The molecule has 13 heteroatoms. The summed E-state index contributed by atoms with van der Waals surface area (Å²) in [6, 6.07) is 13.7. The molecule has 13 nitrogen and oxygen atoms in total. The number of urea groups is 1. The maximum absolute atomic E-state index is 13.9. The highest BCUT2D eigenvalue weighted by atomic mass is 16.5. The summed E-state index contributed by atoms with van der Waals surface area (Å²) in [5.74, 6) is 2.91. The number of carbonyl (C=O) groups excluding carboxylic acids is 2. The number of hydrogen-bond donors (Lipinski definition) is 2. The van der Waals surface area contributed by atoms with E-state index in [1.165, 1.54) is 0 Å². The summed E-state index contributed by atoms with van der Waals surface area (Å²) in [6.07, 6.45) is 5.61. The smallest absolute Gasteiger partial charge is 0.321 e. The largest absolute Gasteiger partial charge is 0.497 e. The molecule has 1 aliphatic heterocycles. The van der Waals surface area contributed by atoms with Crippen molar-refractivity contribution in [2.75, 3.05) is 57.7 Å². The first-order chi connectivity index (χ1) is 22.3. The van der Waals surface area contributed by atoms with Gasteiger partial charge in [-0.25, -0.2) is 14.8 Å². The van der Waals surface area contributed by atoms with Crippen molar-refractivity contribution in [3.05, 3.63) is 78.5 Å². The third-order valence-corrected chi connectivity index (χ3v) is 7.83. The lowest BCUT2D eigenvalue weighted by atomic mass is 10.1. The number of nitrogens with zero attached hydrogens (tertiary/aromatic N) is 6. The average Bonchev–Trinajstić information content (AvgIpc) is 3.63. The van der Waals surface area contributed by atoms with E-state index >= 15 is 0 Å². The van der Waals surface area contributed by atoms with Crippen LogP contribution in [-0.4, -0.2) is 89.9 Å². The van der Waals surface area contributed by atoms with Gasteiger partial charge in [-0.2, -0.15) is 4.98 Å². The van der Waals surface area contributed by atoms with Crippen LogP contribution in [0.4, 0.5) is 16.3 Å². The molecular weight excluding hydrogens is 588 g/mol. The average molecular weight is 629 g/mol. The number of carbonyl (C=O) groups is 2. The molecule has 0 saturated carbocycles. The minimum absolute atomic E-state index is 0.116. The number of imidazole rings is 1. The number of amides is 3. The van der Waals surface area contributed by atoms with Gasteiger partial charge < -0.3 is 34.6 Å². The van der Waals surface area contributed by atoms with Crippen molar-refractivity contribution in [3.8, 4) is 23.2 Å². The van der Waals surface area contributed by atoms with E-state index in [1.807, 2.05) is 29.2 Å². The predicted molar refractivity (Wildman–Crippen MR) is 174 cm³/mol. The molecule has 5 rings (SSSR count). The van der Waals surface area contributed by atoms with Crippen LogP contribution < -0.4 is 29.7 Å². The molecule has 0 spiro atoms. The first-order valence-electron chi connectivity index (χ1n) is 15.1. The minimum atomic E-state index is -0.715. The number of methoxy groups -OCH3 is 3. The third kappa shape index (κ3) is 7.31. The Kier molecular flexibility index (Phi) is 10.2. The van der Waals surface area contributed by atoms with Crippen molar-refractivity contribution in [1.82, 2.24) is 29.7 Å².